The number of ether oxygens (including phenoxy) is 1. The van der Waals surface area contributed by atoms with Crippen LogP contribution in [-0.4, -0.2) is 27.9 Å². The first-order valence-corrected chi connectivity index (χ1v) is 20.7. The molecule has 0 atom stereocenters. The Kier molecular flexibility index (Phi) is 6.91. The lowest BCUT2D eigenvalue weighted by molar-refractivity contribution is 0.482. The minimum atomic E-state index is -0.200. The second-order valence-corrected chi connectivity index (χ2v) is 16.4. The number of para-hydroxylation sites is 10. The summed E-state index contributed by atoms with van der Waals surface area (Å²) >= 11 is 0. The van der Waals surface area contributed by atoms with Gasteiger partial charge in [-0.15, -0.1) is 0 Å². The van der Waals surface area contributed by atoms with Crippen LogP contribution in [0, 0.1) is 0 Å². The minimum Gasteiger partial charge on any atom is -0.457 e. The van der Waals surface area contributed by atoms with Gasteiger partial charge in [-0.05, 0) is 90.0 Å². The average Bonchev–Trinajstić information content (AvgIpc) is 4.03. The topological polar surface area (TPSA) is 56.9 Å². The van der Waals surface area contributed by atoms with Crippen molar-refractivity contribution >= 4 is 72.8 Å². The van der Waals surface area contributed by atoms with Gasteiger partial charge in [0.1, 0.15) is 11.5 Å². The molecular weight excluding hydrogens is 751 g/mol. The lowest BCUT2D eigenvalue weighted by atomic mass is 9.73. The van der Waals surface area contributed by atoms with Crippen molar-refractivity contribution in [2.45, 2.75) is 19.3 Å². The third-order valence-corrected chi connectivity index (χ3v) is 12.6. The van der Waals surface area contributed by atoms with Gasteiger partial charge in [-0.3, -0.25) is 17.9 Å². The maximum absolute atomic E-state index is 7.06. The molecule has 12 aromatic rings. The fourth-order valence-electron chi connectivity index (χ4n) is 9.87. The van der Waals surface area contributed by atoms with Crippen LogP contribution in [0.1, 0.15) is 25.0 Å². The van der Waals surface area contributed by atoms with Crippen LogP contribution in [0.25, 0.3) is 67.1 Å². The zero-order valence-electron chi connectivity index (χ0n) is 33.4. The maximum atomic E-state index is 7.06. The molecule has 0 unspecified atom stereocenters. The van der Waals surface area contributed by atoms with Gasteiger partial charge in [-0.1, -0.05) is 105 Å². The van der Waals surface area contributed by atoms with Crippen molar-refractivity contribution in [3.05, 3.63) is 199 Å². The van der Waals surface area contributed by atoms with E-state index in [1.165, 1.54) is 11.1 Å². The molecule has 1 aliphatic heterocycles. The second kappa shape index (κ2) is 12.5. The Labute approximate surface area is 350 Å². The zero-order valence-corrected chi connectivity index (χ0v) is 33.4. The first-order valence-electron chi connectivity index (χ1n) is 20.7. The average molecular weight is 788 g/mol. The summed E-state index contributed by atoms with van der Waals surface area (Å²) in [5.74, 6) is 3.10. The van der Waals surface area contributed by atoms with Crippen LogP contribution < -0.4 is 9.64 Å². The standard InChI is InChI=1S/C53H37N7O/c1-53(2)39-18-3-7-22-43(39)56(44-23-8-4-19-40(44)53)35-30-36(58-48-27-12-14-29-50(48)60-46-25-10-6-21-42(46)55-52(58)60)33-38(32-35)61-37-17-15-16-34(31-37)57-47-26-11-13-28-49(47)59-45-24-9-5-20-41(45)54-51(57)59/h3-33H,1-2H3. The molecule has 0 fully saturated rings. The first-order chi connectivity index (χ1) is 30.0. The molecule has 5 heterocycles. The Balaban J connectivity index is 1.04. The molecule has 0 bridgehead atoms. The molecule has 0 saturated heterocycles. The molecule has 0 saturated carbocycles. The molecule has 8 nitrogen and oxygen atoms in total. The van der Waals surface area contributed by atoms with E-state index < -0.39 is 0 Å². The van der Waals surface area contributed by atoms with Crippen LogP contribution in [0.2, 0.25) is 0 Å². The van der Waals surface area contributed by atoms with Gasteiger partial charge in [0.25, 0.3) is 0 Å². The Morgan fingerprint density at radius 3 is 1.44 bits per heavy atom. The molecule has 0 amide bonds. The summed E-state index contributed by atoms with van der Waals surface area (Å²) in [5, 5.41) is 0. The smallest absolute Gasteiger partial charge is 0.220 e. The maximum Gasteiger partial charge on any atom is 0.220 e. The number of anilines is 3. The number of benzene rings is 8. The quantitative estimate of drug-likeness (QED) is 0.174. The minimum absolute atomic E-state index is 0.200. The highest BCUT2D eigenvalue weighted by atomic mass is 16.5. The van der Waals surface area contributed by atoms with Crippen LogP contribution in [0.5, 0.6) is 11.5 Å². The molecule has 8 aromatic carbocycles. The summed E-state index contributed by atoms with van der Waals surface area (Å²) in [6.07, 6.45) is 0. The fourth-order valence-corrected chi connectivity index (χ4v) is 9.87. The van der Waals surface area contributed by atoms with E-state index in [9.17, 15) is 0 Å². The van der Waals surface area contributed by atoms with Crippen LogP contribution in [0.3, 0.4) is 0 Å². The number of hydrogen-bond donors (Lipinski definition) is 0. The van der Waals surface area contributed by atoms with Gasteiger partial charge in [0.15, 0.2) is 0 Å². The molecule has 1 aliphatic rings. The highest BCUT2D eigenvalue weighted by molar-refractivity contribution is 5.94. The van der Waals surface area contributed by atoms with Gasteiger partial charge in [-0.25, -0.2) is 9.97 Å². The molecule has 13 rings (SSSR count). The number of rotatable bonds is 5. The predicted octanol–water partition coefficient (Wildman–Crippen LogP) is 13.1. The Hall–Kier alpha value is -8.10. The van der Waals surface area contributed by atoms with E-state index in [1.54, 1.807) is 0 Å². The number of nitrogens with zero attached hydrogens (tertiary/aromatic N) is 7. The highest BCUT2D eigenvalue weighted by Gasteiger charge is 2.37. The van der Waals surface area contributed by atoms with Crippen LogP contribution in [-0.2, 0) is 5.41 Å². The SMILES string of the molecule is CC1(C)c2ccccc2N(c2cc(Oc3cccc(-n4c5ccccc5n5c6ccccc6nc45)c3)cc(-n3c4ccccc4n4c5ccccc5nc34)c2)c2ccccc21. The molecule has 4 aromatic heterocycles. The van der Waals surface area contributed by atoms with Crippen molar-refractivity contribution in [1.29, 1.82) is 0 Å². The third kappa shape index (κ3) is 4.81. The van der Waals surface area contributed by atoms with Gasteiger partial charge in [0, 0.05) is 23.6 Å². The lowest BCUT2D eigenvalue weighted by Crippen LogP contribution is -2.30. The zero-order chi connectivity index (χ0) is 40.4. The molecule has 61 heavy (non-hydrogen) atoms. The van der Waals surface area contributed by atoms with Crippen molar-refractivity contribution < 1.29 is 4.74 Å². The number of imidazole rings is 4. The molecule has 0 N–H and O–H groups in total. The van der Waals surface area contributed by atoms with Crippen LogP contribution in [0.4, 0.5) is 17.1 Å². The van der Waals surface area contributed by atoms with Gasteiger partial charge in [0.05, 0.1) is 72.6 Å². The summed E-state index contributed by atoms with van der Waals surface area (Å²) in [7, 11) is 0. The van der Waals surface area contributed by atoms with Crippen molar-refractivity contribution in [3.63, 3.8) is 0 Å². The largest absolute Gasteiger partial charge is 0.457 e. The molecule has 8 heteroatoms. The monoisotopic (exact) mass is 787 g/mol. The van der Waals surface area contributed by atoms with E-state index in [1.807, 2.05) is 18.2 Å². The van der Waals surface area contributed by atoms with E-state index in [4.69, 9.17) is 14.7 Å². The van der Waals surface area contributed by atoms with Crippen LogP contribution in [0.15, 0.2) is 188 Å². The summed E-state index contributed by atoms with van der Waals surface area (Å²) in [6.45, 7) is 4.64. The second-order valence-electron chi connectivity index (χ2n) is 16.4. The molecule has 290 valence electrons. The Bertz CT molecular complexity index is 3700. The van der Waals surface area contributed by atoms with E-state index in [-0.39, 0.29) is 5.41 Å². The van der Waals surface area contributed by atoms with Crippen molar-refractivity contribution in [1.82, 2.24) is 27.9 Å². The number of fused-ring (bicyclic) bond motifs is 12. The highest BCUT2D eigenvalue weighted by Crippen LogP contribution is 2.52. The summed E-state index contributed by atoms with van der Waals surface area (Å²) in [4.78, 5) is 12.8. The predicted molar refractivity (Wildman–Crippen MR) is 246 cm³/mol. The number of hydrogen-bond acceptors (Lipinski definition) is 4. The van der Waals surface area contributed by atoms with Gasteiger partial charge < -0.3 is 9.64 Å². The summed E-state index contributed by atoms with van der Waals surface area (Å²) in [5.41, 5.74) is 15.8. The molecule has 0 aliphatic carbocycles. The lowest BCUT2D eigenvalue weighted by Gasteiger charge is -2.42. The Morgan fingerprint density at radius 1 is 0.393 bits per heavy atom. The Morgan fingerprint density at radius 2 is 0.852 bits per heavy atom. The van der Waals surface area contributed by atoms with Crippen molar-refractivity contribution in [2.75, 3.05) is 4.90 Å². The van der Waals surface area contributed by atoms with E-state index in [0.29, 0.717) is 11.5 Å². The van der Waals surface area contributed by atoms with Gasteiger partial charge in [-0.2, -0.15) is 0 Å². The van der Waals surface area contributed by atoms with Crippen LogP contribution >= 0.6 is 0 Å². The van der Waals surface area contributed by atoms with E-state index in [0.717, 1.165) is 84.1 Å². The number of aromatic nitrogens is 6. The third-order valence-electron chi connectivity index (χ3n) is 12.6. The molecule has 0 radical (unpaired) electrons. The van der Waals surface area contributed by atoms with Crippen molar-refractivity contribution in [2.24, 2.45) is 0 Å². The molecular formula is C53H37N7O. The van der Waals surface area contributed by atoms with Gasteiger partial charge in [0.2, 0.25) is 11.6 Å². The van der Waals surface area contributed by atoms with E-state index >= 15 is 0 Å². The van der Waals surface area contributed by atoms with Crippen molar-refractivity contribution in [3.8, 4) is 22.9 Å². The van der Waals surface area contributed by atoms with E-state index in [2.05, 4.69) is 207 Å². The van der Waals surface area contributed by atoms with Gasteiger partial charge >= 0.3 is 0 Å². The molecule has 0 spiro atoms. The first kappa shape index (κ1) is 33.8. The summed E-state index contributed by atoms with van der Waals surface area (Å²) in [6, 6.07) is 66.1. The fraction of sp³-hybridized carbons (Fsp3) is 0.0566. The summed E-state index contributed by atoms with van der Waals surface area (Å²) < 4.78 is 16.0. The normalized spacial score (nSPS) is 13.5.